The normalized spacial score (nSPS) is 20.8. The molecule has 0 spiro atoms. The summed E-state index contributed by atoms with van der Waals surface area (Å²) in [5.41, 5.74) is 2.03. The number of nitrogens with zero attached hydrogens (tertiary/aromatic N) is 3. The molecule has 8 nitrogen and oxygen atoms in total. The summed E-state index contributed by atoms with van der Waals surface area (Å²) in [6, 6.07) is 8.44. The van der Waals surface area contributed by atoms with Crippen LogP contribution in [0, 0.1) is 11.8 Å². The van der Waals surface area contributed by atoms with Gasteiger partial charge in [-0.3, -0.25) is 9.59 Å². The van der Waals surface area contributed by atoms with Crippen LogP contribution in [0.3, 0.4) is 0 Å². The highest BCUT2D eigenvalue weighted by Gasteiger charge is 2.37. The lowest BCUT2D eigenvalue weighted by atomic mass is 9.83. The minimum Gasteiger partial charge on any atom is -0.353 e. The van der Waals surface area contributed by atoms with Crippen molar-refractivity contribution in [3.05, 3.63) is 58.3 Å². The highest BCUT2D eigenvalue weighted by molar-refractivity contribution is 5.87. The number of urea groups is 1. The maximum Gasteiger partial charge on any atom is 0.318 e. The smallest absolute Gasteiger partial charge is 0.318 e. The molecule has 0 radical (unpaired) electrons. The van der Waals surface area contributed by atoms with E-state index in [9.17, 15) is 14.4 Å². The molecule has 31 heavy (non-hydrogen) atoms. The van der Waals surface area contributed by atoms with Crippen molar-refractivity contribution in [3.8, 4) is 0 Å². The predicted molar refractivity (Wildman–Crippen MR) is 118 cm³/mol. The van der Waals surface area contributed by atoms with Crippen molar-refractivity contribution >= 4 is 11.9 Å². The fourth-order valence-corrected chi connectivity index (χ4v) is 4.79. The maximum absolute atomic E-state index is 13.1. The van der Waals surface area contributed by atoms with Gasteiger partial charge in [-0.1, -0.05) is 19.9 Å². The Morgan fingerprint density at radius 2 is 1.94 bits per heavy atom. The molecule has 0 saturated carbocycles. The van der Waals surface area contributed by atoms with Crippen molar-refractivity contribution in [1.82, 2.24) is 24.7 Å². The molecule has 8 heteroatoms. The molecule has 166 valence electrons. The quantitative estimate of drug-likeness (QED) is 0.764. The molecule has 2 aromatic heterocycles. The molecule has 0 aliphatic carbocycles. The number of aryl methyl sites for hydroxylation is 1. The van der Waals surface area contributed by atoms with Gasteiger partial charge in [0.25, 0.3) is 5.56 Å². The molecule has 1 saturated heterocycles. The van der Waals surface area contributed by atoms with Gasteiger partial charge in [-0.25, -0.2) is 4.79 Å². The van der Waals surface area contributed by atoms with Crippen molar-refractivity contribution in [3.63, 3.8) is 0 Å². The average Bonchev–Trinajstić information content (AvgIpc) is 3.15. The van der Waals surface area contributed by atoms with Crippen molar-refractivity contribution in [2.24, 2.45) is 18.9 Å². The number of pyridine rings is 1. The standard InChI is InChI=1S/C23H31N5O3/c1-15(2)21(22(30)24-11-18-6-5-9-26(18)3)25-23(31)27-12-16-10-17(14-27)19-7-4-8-20(29)28(19)13-16/h4-9,15-17,21H,10-14H2,1-3H3,(H,24,30)(H,25,31)/t16-,17+,21?/m1/s1. The Morgan fingerprint density at radius 1 is 1.13 bits per heavy atom. The van der Waals surface area contributed by atoms with Gasteiger partial charge >= 0.3 is 6.03 Å². The number of rotatable bonds is 5. The van der Waals surface area contributed by atoms with Gasteiger partial charge in [0.05, 0.1) is 6.54 Å². The predicted octanol–water partition coefficient (Wildman–Crippen LogP) is 1.66. The summed E-state index contributed by atoms with van der Waals surface area (Å²) in [4.78, 5) is 39.9. The fraction of sp³-hybridized carbons (Fsp3) is 0.522. The number of fused-ring (bicyclic) bond motifs is 4. The van der Waals surface area contributed by atoms with Gasteiger partial charge in [0, 0.05) is 56.3 Å². The first kappa shape index (κ1) is 21.2. The summed E-state index contributed by atoms with van der Waals surface area (Å²) in [5, 5.41) is 5.90. The van der Waals surface area contributed by atoms with Crippen LogP contribution in [0.25, 0.3) is 0 Å². The van der Waals surface area contributed by atoms with E-state index in [0.717, 1.165) is 17.8 Å². The molecule has 4 heterocycles. The first-order valence-electron chi connectivity index (χ1n) is 11.0. The lowest BCUT2D eigenvalue weighted by Crippen LogP contribution is -2.57. The zero-order valence-electron chi connectivity index (χ0n) is 18.4. The molecule has 2 aliphatic heterocycles. The molecule has 4 rings (SSSR count). The number of aromatic nitrogens is 2. The van der Waals surface area contributed by atoms with Crippen LogP contribution < -0.4 is 16.2 Å². The Balaban J connectivity index is 1.41. The van der Waals surface area contributed by atoms with Crippen LogP contribution in [-0.4, -0.2) is 45.1 Å². The summed E-state index contributed by atoms with van der Waals surface area (Å²) in [6.07, 6.45) is 2.92. The van der Waals surface area contributed by atoms with Crippen molar-refractivity contribution in [1.29, 1.82) is 0 Å². The topological polar surface area (TPSA) is 88.4 Å². The van der Waals surface area contributed by atoms with Crippen LogP contribution in [0.1, 0.15) is 37.6 Å². The minimum absolute atomic E-state index is 0.0277. The first-order valence-corrected chi connectivity index (χ1v) is 11.0. The van der Waals surface area contributed by atoms with Crippen LogP contribution in [0.15, 0.2) is 41.3 Å². The molecule has 2 aromatic rings. The van der Waals surface area contributed by atoms with E-state index in [1.54, 1.807) is 17.0 Å². The number of hydrogen-bond donors (Lipinski definition) is 2. The van der Waals surface area contributed by atoms with Gasteiger partial charge in [0.15, 0.2) is 0 Å². The molecule has 3 atom stereocenters. The molecular weight excluding hydrogens is 394 g/mol. The fourth-order valence-electron chi connectivity index (χ4n) is 4.79. The van der Waals surface area contributed by atoms with E-state index >= 15 is 0 Å². The Morgan fingerprint density at radius 3 is 2.65 bits per heavy atom. The number of likely N-dealkylation sites (tertiary alicyclic amines) is 1. The third-order valence-corrected chi connectivity index (χ3v) is 6.49. The third kappa shape index (κ3) is 4.38. The van der Waals surface area contributed by atoms with E-state index in [4.69, 9.17) is 0 Å². The summed E-state index contributed by atoms with van der Waals surface area (Å²) in [5.74, 6) is 0.177. The lowest BCUT2D eigenvalue weighted by Gasteiger charge is -2.43. The third-order valence-electron chi connectivity index (χ3n) is 6.49. The number of hydrogen-bond acceptors (Lipinski definition) is 3. The number of carbonyl (C=O) groups is 2. The second-order valence-electron chi connectivity index (χ2n) is 9.10. The number of piperidine rings is 1. The number of carbonyl (C=O) groups excluding carboxylic acids is 2. The average molecular weight is 426 g/mol. The first-order chi connectivity index (χ1) is 14.8. The molecular formula is C23H31N5O3. The highest BCUT2D eigenvalue weighted by atomic mass is 16.2. The van der Waals surface area contributed by atoms with Gasteiger partial charge in [0.1, 0.15) is 6.04 Å². The van der Waals surface area contributed by atoms with Gasteiger partial charge in [-0.05, 0) is 36.5 Å². The second-order valence-corrected chi connectivity index (χ2v) is 9.10. The van der Waals surface area contributed by atoms with Crippen LogP contribution >= 0.6 is 0 Å². The molecule has 2 bridgehead atoms. The summed E-state index contributed by atoms with van der Waals surface area (Å²) in [7, 11) is 1.93. The Bertz CT molecular complexity index is 1020. The molecule has 1 fully saturated rings. The zero-order valence-corrected chi connectivity index (χ0v) is 18.4. The molecule has 2 aliphatic rings. The molecule has 2 N–H and O–H groups in total. The molecule has 1 unspecified atom stereocenters. The molecule has 3 amide bonds. The summed E-state index contributed by atoms with van der Waals surface area (Å²) in [6.45, 7) is 6.07. The molecule has 0 aromatic carbocycles. The van der Waals surface area contributed by atoms with Crippen molar-refractivity contribution < 1.29 is 9.59 Å². The van der Waals surface area contributed by atoms with E-state index in [2.05, 4.69) is 10.6 Å². The van der Waals surface area contributed by atoms with E-state index in [1.165, 1.54) is 0 Å². The van der Waals surface area contributed by atoms with Gasteiger partial charge in [-0.15, -0.1) is 0 Å². The van der Waals surface area contributed by atoms with Crippen LogP contribution in [-0.2, 0) is 24.9 Å². The Hall–Kier alpha value is -3.03. The Labute approximate surface area is 182 Å². The Kier molecular flexibility index (Phi) is 5.89. The van der Waals surface area contributed by atoms with E-state index < -0.39 is 6.04 Å². The monoisotopic (exact) mass is 425 g/mol. The second kappa shape index (κ2) is 8.61. The van der Waals surface area contributed by atoms with E-state index in [1.807, 2.05) is 54.4 Å². The van der Waals surface area contributed by atoms with E-state index in [-0.39, 0.29) is 35.3 Å². The van der Waals surface area contributed by atoms with Crippen LogP contribution in [0.2, 0.25) is 0 Å². The lowest BCUT2D eigenvalue weighted by molar-refractivity contribution is -0.124. The number of amides is 3. The SMILES string of the molecule is CC(C)C(NC(=O)N1C[C@H]2C[C@@H](C1)c1cccc(=O)n1C2)C(=O)NCc1cccn1C. The van der Waals surface area contributed by atoms with Crippen LogP contribution in [0.5, 0.6) is 0 Å². The highest BCUT2D eigenvalue weighted by Crippen LogP contribution is 2.34. The maximum atomic E-state index is 13.1. The van der Waals surface area contributed by atoms with E-state index in [0.29, 0.717) is 26.2 Å². The summed E-state index contributed by atoms with van der Waals surface area (Å²) >= 11 is 0. The van der Waals surface area contributed by atoms with Gasteiger partial charge in [0.2, 0.25) is 5.91 Å². The zero-order chi connectivity index (χ0) is 22.1. The largest absolute Gasteiger partial charge is 0.353 e. The minimum atomic E-state index is -0.607. The number of nitrogens with one attached hydrogen (secondary N) is 2. The summed E-state index contributed by atoms with van der Waals surface area (Å²) < 4.78 is 3.81. The van der Waals surface area contributed by atoms with Crippen molar-refractivity contribution in [2.75, 3.05) is 13.1 Å². The van der Waals surface area contributed by atoms with Gasteiger partial charge in [-0.2, -0.15) is 0 Å². The van der Waals surface area contributed by atoms with Crippen LogP contribution in [0.4, 0.5) is 4.79 Å². The van der Waals surface area contributed by atoms with Gasteiger partial charge < -0.3 is 24.7 Å². The van der Waals surface area contributed by atoms with Crippen molar-refractivity contribution in [2.45, 2.75) is 45.3 Å².